The molecule has 5 nitrogen and oxygen atoms in total. The van der Waals surface area contributed by atoms with Gasteiger partial charge in [-0.2, -0.15) is 0 Å². The van der Waals surface area contributed by atoms with Crippen molar-refractivity contribution >= 4 is 23.4 Å². The summed E-state index contributed by atoms with van der Waals surface area (Å²) in [6, 6.07) is 3.16. The number of carbonyl (C=O) groups is 2. The third-order valence-electron chi connectivity index (χ3n) is 2.97. The first kappa shape index (κ1) is 20.5. The molecule has 1 aromatic heterocycles. The van der Waals surface area contributed by atoms with Crippen LogP contribution >= 0.6 is 11.6 Å². The number of ether oxygens (including phenoxy) is 1. The van der Waals surface area contributed by atoms with Gasteiger partial charge in [-0.25, -0.2) is 0 Å². The van der Waals surface area contributed by atoms with Crippen LogP contribution in [0.3, 0.4) is 0 Å². The van der Waals surface area contributed by atoms with Crippen LogP contribution in [-0.2, 0) is 9.53 Å². The van der Waals surface area contributed by atoms with Gasteiger partial charge in [-0.3, -0.25) is 14.6 Å². The Balaban J connectivity index is 0.000000534. The standard InChI is InChI=1S/C10H10ClNO3.C6H15N/c1-2-15-9(14)6-8(13)10-7(11)4-3-5-12-10;1-4-7(5-2)6-3/h3-5H,2,6H2,1H3;4-6H2,1-3H3. The van der Waals surface area contributed by atoms with Gasteiger partial charge in [0.2, 0.25) is 0 Å². The van der Waals surface area contributed by atoms with Crippen LogP contribution in [-0.4, -0.2) is 47.9 Å². The first-order valence-electron chi connectivity index (χ1n) is 7.51. The SMILES string of the molecule is CCN(CC)CC.CCOC(=O)CC(=O)c1ncccc1Cl. The predicted octanol–water partition coefficient (Wildman–Crippen LogP) is 3.22. The van der Waals surface area contributed by atoms with Crippen LogP contribution < -0.4 is 0 Å². The lowest BCUT2D eigenvalue weighted by atomic mass is 10.2. The molecule has 0 N–H and O–H groups in total. The summed E-state index contributed by atoms with van der Waals surface area (Å²) in [5.41, 5.74) is 0.104. The van der Waals surface area contributed by atoms with E-state index >= 15 is 0 Å². The first-order chi connectivity index (χ1) is 10.5. The van der Waals surface area contributed by atoms with E-state index in [1.165, 1.54) is 25.8 Å². The highest BCUT2D eigenvalue weighted by molar-refractivity contribution is 6.33. The van der Waals surface area contributed by atoms with Gasteiger partial charge in [0.1, 0.15) is 12.1 Å². The van der Waals surface area contributed by atoms with Gasteiger partial charge in [0.25, 0.3) is 0 Å². The summed E-state index contributed by atoms with van der Waals surface area (Å²) in [6.07, 6.45) is 1.12. The average Bonchev–Trinajstić information content (AvgIpc) is 2.50. The predicted molar refractivity (Wildman–Crippen MR) is 88.3 cm³/mol. The maximum Gasteiger partial charge on any atom is 0.313 e. The highest BCUT2D eigenvalue weighted by Gasteiger charge is 2.16. The smallest absolute Gasteiger partial charge is 0.313 e. The summed E-state index contributed by atoms with van der Waals surface area (Å²) in [5, 5.41) is 0.242. The summed E-state index contributed by atoms with van der Waals surface area (Å²) in [5.74, 6) is -0.997. The number of aromatic nitrogens is 1. The molecular weight excluding hydrogens is 304 g/mol. The fourth-order valence-electron chi connectivity index (χ4n) is 1.69. The average molecular weight is 329 g/mol. The van der Waals surface area contributed by atoms with Crippen molar-refractivity contribution in [2.75, 3.05) is 26.2 Å². The lowest BCUT2D eigenvalue weighted by Gasteiger charge is -2.13. The molecule has 0 saturated carbocycles. The van der Waals surface area contributed by atoms with Crippen LogP contribution in [0.1, 0.15) is 44.6 Å². The molecule has 1 aromatic rings. The normalized spacial score (nSPS) is 9.91. The van der Waals surface area contributed by atoms with Crippen molar-refractivity contribution in [2.24, 2.45) is 0 Å². The van der Waals surface area contributed by atoms with E-state index in [4.69, 9.17) is 11.6 Å². The topological polar surface area (TPSA) is 59.5 Å². The Morgan fingerprint density at radius 3 is 2.18 bits per heavy atom. The molecule has 0 aliphatic heterocycles. The largest absolute Gasteiger partial charge is 0.466 e. The van der Waals surface area contributed by atoms with Crippen molar-refractivity contribution in [1.82, 2.24) is 9.88 Å². The quantitative estimate of drug-likeness (QED) is 0.437. The molecule has 0 radical (unpaired) electrons. The van der Waals surface area contributed by atoms with E-state index in [2.05, 4.69) is 35.4 Å². The Morgan fingerprint density at radius 2 is 1.77 bits per heavy atom. The van der Waals surface area contributed by atoms with E-state index in [0.717, 1.165) is 0 Å². The molecule has 0 saturated heterocycles. The van der Waals surface area contributed by atoms with Crippen molar-refractivity contribution < 1.29 is 14.3 Å². The van der Waals surface area contributed by atoms with E-state index in [9.17, 15) is 9.59 Å². The lowest BCUT2D eigenvalue weighted by molar-refractivity contribution is -0.141. The summed E-state index contributed by atoms with van der Waals surface area (Å²) in [6.45, 7) is 12.1. The van der Waals surface area contributed by atoms with E-state index in [0.29, 0.717) is 0 Å². The van der Waals surface area contributed by atoms with Gasteiger partial charge in [0.05, 0.1) is 11.6 Å². The highest BCUT2D eigenvalue weighted by atomic mass is 35.5. The Bertz CT molecular complexity index is 457. The molecule has 0 unspecified atom stereocenters. The van der Waals surface area contributed by atoms with E-state index in [1.807, 2.05) is 0 Å². The van der Waals surface area contributed by atoms with Crippen molar-refractivity contribution in [2.45, 2.75) is 34.1 Å². The van der Waals surface area contributed by atoms with Crippen molar-refractivity contribution in [3.05, 3.63) is 29.0 Å². The zero-order chi connectivity index (χ0) is 17.0. The number of Topliss-reactive ketones (excluding diaryl/α,β-unsaturated/α-hetero) is 1. The van der Waals surface area contributed by atoms with Gasteiger partial charge < -0.3 is 9.64 Å². The molecule has 0 spiro atoms. The zero-order valence-corrected chi connectivity index (χ0v) is 14.5. The summed E-state index contributed by atoms with van der Waals surface area (Å²) < 4.78 is 4.64. The Labute approximate surface area is 137 Å². The molecule has 0 fully saturated rings. The van der Waals surface area contributed by atoms with Crippen LogP contribution in [0.2, 0.25) is 5.02 Å². The number of carbonyl (C=O) groups excluding carboxylic acids is 2. The molecule has 124 valence electrons. The minimum atomic E-state index is -0.566. The van der Waals surface area contributed by atoms with Gasteiger partial charge in [0, 0.05) is 6.20 Å². The fraction of sp³-hybridized carbons (Fsp3) is 0.562. The summed E-state index contributed by atoms with van der Waals surface area (Å²) in [7, 11) is 0. The second-order valence-electron chi connectivity index (χ2n) is 4.36. The number of hydrogen-bond acceptors (Lipinski definition) is 5. The van der Waals surface area contributed by atoms with Gasteiger partial charge in [-0.15, -0.1) is 0 Å². The highest BCUT2D eigenvalue weighted by Crippen LogP contribution is 2.14. The van der Waals surface area contributed by atoms with Crippen LogP contribution in [0.25, 0.3) is 0 Å². The molecule has 0 aliphatic rings. The lowest BCUT2D eigenvalue weighted by Crippen LogP contribution is -2.21. The number of halogens is 1. The molecule has 0 amide bonds. The number of rotatable bonds is 7. The monoisotopic (exact) mass is 328 g/mol. The summed E-state index contributed by atoms with van der Waals surface area (Å²) >= 11 is 5.74. The molecule has 1 rings (SSSR count). The second kappa shape index (κ2) is 12.1. The third-order valence-corrected chi connectivity index (χ3v) is 3.28. The molecule has 0 atom stereocenters. The zero-order valence-electron chi connectivity index (χ0n) is 13.8. The molecule has 0 aliphatic carbocycles. The maximum atomic E-state index is 11.5. The number of ketones is 1. The number of nitrogens with zero attached hydrogens (tertiary/aromatic N) is 2. The van der Waals surface area contributed by atoms with Crippen LogP contribution in [0, 0.1) is 0 Å². The van der Waals surface area contributed by atoms with E-state index < -0.39 is 11.8 Å². The van der Waals surface area contributed by atoms with Crippen molar-refractivity contribution in [3.8, 4) is 0 Å². The fourth-order valence-corrected chi connectivity index (χ4v) is 1.92. The van der Waals surface area contributed by atoms with Crippen LogP contribution in [0.5, 0.6) is 0 Å². The third kappa shape index (κ3) is 8.10. The Morgan fingerprint density at radius 1 is 1.18 bits per heavy atom. The number of esters is 1. The molecule has 1 heterocycles. The molecule has 0 aromatic carbocycles. The minimum Gasteiger partial charge on any atom is -0.466 e. The van der Waals surface area contributed by atoms with Crippen molar-refractivity contribution in [3.63, 3.8) is 0 Å². The number of pyridine rings is 1. The van der Waals surface area contributed by atoms with Gasteiger partial charge in [-0.1, -0.05) is 32.4 Å². The molecule has 0 bridgehead atoms. The Hall–Kier alpha value is -1.46. The van der Waals surface area contributed by atoms with Crippen LogP contribution in [0.4, 0.5) is 0 Å². The van der Waals surface area contributed by atoms with Gasteiger partial charge >= 0.3 is 5.97 Å². The van der Waals surface area contributed by atoms with Gasteiger partial charge in [-0.05, 0) is 38.7 Å². The van der Waals surface area contributed by atoms with E-state index in [-0.39, 0.29) is 23.7 Å². The number of hydrogen-bond donors (Lipinski definition) is 0. The van der Waals surface area contributed by atoms with Crippen LogP contribution in [0.15, 0.2) is 18.3 Å². The maximum absolute atomic E-state index is 11.5. The minimum absolute atomic E-state index is 0.104. The molecule has 22 heavy (non-hydrogen) atoms. The molecular formula is C16H25ClN2O3. The van der Waals surface area contributed by atoms with Crippen molar-refractivity contribution in [1.29, 1.82) is 0 Å². The van der Waals surface area contributed by atoms with Gasteiger partial charge in [0.15, 0.2) is 5.78 Å². The Kier molecular flexibility index (Phi) is 11.3. The second-order valence-corrected chi connectivity index (χ2v) is 4.77. The first-order valence-corrected chi connectivity index (χ1v) is 7.89. The molecule has 6 heteroatoms. The summed E-state index contributed by atoms with van der Waals surface area (Å²) in [4.78, 5) is 28.7. The van der Waals surface area contributed by atoms with E-state index in [1.54, 1.807) is 19.1 Å².